The number of hydrogen-bond acceptors (Lipinski definition) is 3. The Morgan fingerprint density at radius 2 is 1.93 bits per heavy atom. The standard InChI is InChI=1S/C10H12O3S/c1-2-14(12,13)10-6-4-3-5-9(10)7-8-11/h3-6,8H,2,7H2,1H3. The molecule has 3 nitrogen and oxygen atoms in total. The third-order valence-electron chi connectivity index (χ3n) is 1.99. The van der Waals surface area contributed by atoms with Gasteiger partial charge < -0.3 is 4.79 Å². The van der Waals surface area contributed by atoms with E-state index in [1.54, 1.807) is 25.1 Å². The van der Waals surface area contributed by atoms with E-state index < -0.39 is 9.84 Å². The van der Waals surface area contributed by atoms with E-state index in [2.05, 4.69) is 0 Å². The molecular weight excluding hydrogens is 200 g/mol. The van der Waals surface area contributed by atoms with Gasteiger partial charge in [-0.05, 0) is 11.6 Å². The first-order valence-electron chi connectivity index (χ1n) is 4.36. The molecular formula is C10H12O3S. The van der Waals surface area contributed by atoms with Gasteiger partial charge in [0.05, 0.1) is 10.6 Å². The minimum Gasteiger partial charge on any atom is -0.303 e. The van der Waals surface area contributed by atoms with E-state index in [1.165, 1.54) is 6.07 Å². The lowest BCUT2D eigenvalue weighted by atomic mass is 10.2. The van der Waals surface area contributed by atoms with Crippen LogP contribution in [0.1, 0.15) is 12.5 Å². The van der Waals surface area contributed by atoms with E-state index >= 15 is 0 Å². The van der Waals surface area contributed by atoms with Crippen LogP contribution in [0, 0.1) is 0 Å². The van der Waals surface area contributed by atoms with Crippen molar-refractivity contribution in [3.05, 3.63) is 29.8 Å². The zero-order valence-electron chi connectivity index (χ0n) is 7.93. The number of hydrogen-bond donors (Lipinski definition) is 0. The molecule has 0 N–H and O–H groups in total. The number of sulfone groups is 1. The summed E-state index contributed by atoms with van der Waals surface area (Å²) in [5.41, 5.74) is 0.573. The van der Waals surface area contributed by atoms with Gasteiger partial charge >= 0.3 is 0 Å². The molecule has 1 aromatic carbocycles. The first-order valence-corrected chi connectivity index (χ1v) is 6.01. The van der Waals surface area contributed by atoms with Crippen LogP contribution < -0.4 is 0 Å². The molecule has 0 aliphatic carbocycles. The molecule has 0 aliphatic rings. The van der Waals surface area contributed by atoms with Crippen molar-refractivity contribution >= 4 is 16.1 Å². The first-order chi connectivity index (χ1) is 6.61. The Morgan fingerprint density at radius 1 is 1.29 bits per heavy atom. The Hall–Kier alpha value is -1.16. The van der Waals surface area contributed by atoms with Gasteiger partial charge in [-0.1, -0.05) is 25.1 Å². The normalized spacial score (nSPS) is 11.2. The van der Waals surface area contributed by atoms with Crippen molar-refractivity contribution in [1.82, 2.24) is 0 Å². The van der Waals surface area contributed by atoms with Crippen LogP contribution >= 0.6 is 0 Å². The highest BCUT2D eigenvalue weighted by Crippen LogP contribution is 2.16. The maximum Gasteiger partial charge on any atom is 0.178 e. The third kappa shape index (κ3) is 2.20. The van der Waals surface area contributed by atoms with Crippen molar-refractivity contribution in [2.24, 2.45) is 0 Å². The molecule has 1 aromatic rings. The summed E-state index contributed by atoms with van der Waals surface area (Å²) in [5, 5.41) is 0. The van der Waals surface area contributed by atoms with E-state index in [0.29, 0.717) is 11.8 Å². The second kappa shape index (κ2) is 4.37. The molecule has 0 atom stereocenters. The fourth-order valence-corrected chi connectivity index (χ4v) is 2.37. The molecule has 0 spiro atoms. The van der Waals surface area contributed by atoms with E-state index in [-0.39, 0.29) is 17.1 Å². The SMILES string of the molecule is CCS(=O)(=O)c1ccccc1CC=O. The first kappa shape index (κ1) is 10.9. The smallest absolute Gasteiger partial charge is 0.178 e. The lowest BCUT2D eigenvalue weighted by Gasteiger charge is -2.05. The van der Waals surface area contributed by atoms with Crippen molar-refractivity contribution in [3.63, 3.8) is 0 Å². The van der Waals surface area contributed by atoms with Crippen molar-refractivity contribution < 1.29 is 13.2 Å². The van der Waals surface area contributed by atoms with Gasteiger partial charge in [0.25, 0.3) is 0 Å². The minimum atomic E-state index is -3.21. The molecule has 14 heavy (non-hydrogen) atoms. The van der Waals surface area contributed by atoms with Crippen molar-refractivity contribution in [1.29, 1.82) is 0 Å². The lowest BCUT2D eigenvalue weighted by Crippen LogP contribution is -2.07. The number of rotatable bonds is 4. The molecule has 1 rings (SSSR count). The quantitative estimate of drug-likeness (QED) is 0.705. The molecule has 0 aliphatic heterocycles. The summed E-state index contributed by atoms with van der Waals surface area (Å²) in [4.78, 5) is 10.6. The Morgan fingerprint density at radius 3 is 2.50 bits per heavy atom. The average molecular weight is 212 g/mol. The second-order valence-electron chi connectivity index (χ2n) is 2.88. The molecule has 76 valence electrons. The highest BCUT2D eigenvalue weighted by molar-refractivity contribution is 7.91. The maximum atomic E-state index is 11.6. The van der Waals surface area contributed by atoms with Gasteiger partial charge in [-0.25, -0.2) is 8.42 Å². The van der Waals surface area contributed by atoms with Gasteiger partial charge in [0.15, 0.2) is 9.84 Å². The van der Waals surface area contributed by atoms with E-state index in [4.69, 9.17) is 0 Å². The Bertz CT molecular complexity index is 421. The zero-order valence-corrected chi connectivity index (χ0v) is 8.75. The highest BCUT2D eigenvalue weighted by Gasteiger charge is 2.14. The summed E-state index contributed by atoms with van der Waals surface area (Å²) >= 11 is 0. The van der Waals surface area contributed by atoms with Crippen LogP contribution in [0.25, 0.3) is 0 Å². The molecule has 0 radical (unpaired) electrons. The molecule has 0 bridgehead atoms. The molecule has 0 fully saturated rings. The molecule has 0 unspecified atom stereocenters. The predicted molar refractivity (Wildman–Crippen MR) is 53.9 cm³/mol. The topological polar surface area (TPSA) is 51.2 Å². The fraction of sp³-hybridized carbons (Fsp3) is 0.300. The van der Waals surface area contributed by atoms with Crippen molar-refractivity contribution in [3.8, 4) is 0 Å². The largest absolute Gasteiger partial charge is 0.303 e. The predicted octanol–water partition coefficient (Wildman–Crippen LogP) is 1.22. The van der Waals surface area contributed by atoms with Crippen LogP contribution in [0.3, 0.4) is 0 Å². The van der Waals surface area contributed by atoms with Crippen LogP contribution in [-0.4, -0.2) is 20.5 Å². The second-order valence-corrected chi connectivity index (χ2v) is 5.13. The summed E-state index contributed by atoms with van der Waals surface area (Å²) in [6.07, 6.45) is 0.861. The molecule has 0 heterocycles. The van der Waals surface area contributed by atoms with Crippen LogP contribution in [0.15, 0.2) is 29.2 Å². The molecule has 0 saturated heterocycles. The summed E-state index contributed by atoms with van der Waals surface area (Å²) < 4.78 is 23.2. The van der Waals surface area contributed by atoms with E-state index in [1.807, 2.05) is 0 Å². The summed E-state index contributed by atoms with van der Waals surface area (Å²) in [6, 6.07) is 6.60. The Kier molecular flexibility index (Phi) is 3.41. The van der Waals surface area contributed by atoms with Crippen LogP contribution in [0.2, 0.25) is 0 Å². The van der Waals surface area contributed by atoms with Crippen molar-refractivity contribution in [2.75, 3.05) is 5.75 Å². The monoisotopic (exact) mass is 212 g/mol. The molecule has 0 aromatic heterocycles. The van der Waals surface area contributed by atoms with Gasteiger partial charge in [0.1, 0.15) is 6.29 Å². The number of benzene rings is 1. The zero-order chi connectivity index (χ0) is 10.6. The molecule has 4 heteroatoms. The summed E-state index contributed by atoms with van der Waals surface area (Å²) in [5.74, 6) is 0.0584. The van der Waals surface area contributed by atoms with E-state index in [0.717, 1.165) is 0 Å². The fourth-order valence-electron chi connectivity index (χ4n) is 1.22. The maximum absolute atomic E-state index is 11.6. The van der Waals surface area contributed by atoms with Crippen LogP contribution in [0.4, 0.5) is 0 Å². The number of carbonyl (C=O) groups is 1. The Labute approximate surface area is 83.7 Å². The Balaban J connectivity index is 3.26. The summed E-state index contributed by atoms with van der Waals surface area (Å²) in [6.45, 7) is 1.59. The number of carbonyl (C=O) groups excluding carboxylic acids is 1. The third-order valence-corrected chi connectivity index (χ3v) is 3.82. The van der Waals surface area contributed by atoms with Gasteiger partial charge in [0, 0.05) is 6.42 Å². The molecule has 0 amide bonds. The molecule has 0 saturated carbocycles. The average Bonchev–Trinajstić information content (AvgIpc) is 2.19. The lowest BCUT2D eigenvalue weighted by molar-refractivity contribution is -0.107. The van der Waals surface area contributed by atoms with E-state index in [9.17, 15) is 13.2 Å². The van der Waals surface area contributed by atoms with Gasteiger partial charge in [-0.15, -0.1) is 0 Å². The number of aldehydes is 1. The highest BCUT2D eigenvalue weighted by atomic mass is 32.2. The summed E-state index contributed by atoms with van der Waals surface area (Å²) in [7, 11) is -3.21. The van der Waals surface area contributed by atoms with Crippen LogP contribution in [0.5, 0.6) is 0 Å². The van der Waals surface area contributed by atoms with Gasteiger partial charge in [0.2, 0.25) is 0 Å². The van der Waals surface area contributed by atoms with Gasteiger partial charge in [-0.2, -0.15) is 0 Å². The van der Waals surface area contributed by atoms with Crippen molar-refractivity contribution in [2.45, 2.75) is 18.2 Å². The van der Waals surface area contributed by atoms with Crippen LogP contribution in [-0.2, 0) is 21.1 Å². The minimum absolute atomic E-state index is 0.0584. The van der Waals surface area contributed by atoms with Gasteiger partial charge in [-0.3, -0.25) is 0 Å².